The molecule has 3 nitrogen and oxygen atoms in total. The molecule has 1 aromatic carbocycles. The van der Waals surface area contributed by atoms with Crippen LogP contribution in [0.1, 0.15) is 43.0 Å². The van der Waals surface area contributed by atoms with Crippen molar-refractivity contribution >= 4 is 0 Å². The van der Waals surface area contributed by atoms with Crippen molar-refractivity contribution in [2.75, 3.05) is 0 Å². The fraction of sp³-hybridized carbons (Fsp3) is 0.500. The van der Waals surface area contributed by atoms with Crippen LogP contribution >= 0.6 is 0 Å². The van der Waals surface area contributed by atoms with Gasteiger partial charge in [-0.2, -0.15) is 5.10 Å². The average molecular weight is 283 g/mol. The monoisotopic (exact) mass is 283 g/mol. The summed E-state index contributed by atoms with van der Waals surface area (Å²) in [7, 11) is 0. The van der Waals surface area contributed by atoms with Crippen molar-refractivity contribution in [1.29, 1.82) is 0 Å². The van der Waals surface area contributed by atoms with Gasteiger partial charge in [-0.05, 0) is 44.2 Å². The van der Waals surface area contributed by atoms with Crippen LogP contribution in [0.2, 0.25) is 0 Å². The van der Waals surface area contributed by atoms with E-state index in [4.69, 9.17) is 0 Å². The second kappa shape index (κ2) is 6.02. The third-order valence-corrected chi connectivity index (χ3v) is 4.11. The molecule has 1 heterocycles. The summed E-state index contributed by atoms with van der Waals surface area (Å²) in [6.45, 7) is 8.41. The highest BCUT2D eigenvalue weighted by Gasteiger charge is 2.21. The molecule has 112 valence electrons. The minimum atomic E-state index is 0.739. The number of benzene rings is 1. The Hall–Kier alpha value is -1.61. The maximum absolute atomic E-state index is 4.65. The highest BCUT2D eigenvalue weighted by atomic mass is 15.3. The molecule has 3 heteroatoms. The summed E-state index contributed by atoms with van der Waals surface area (Å²) in [6, 6.07) is 7.50. The molecule has 0 aliphatic heterocycles. The van der Waals surface area contributed by atoms with Gasteiger partial charge >= 0.3 is 0 Å². The number of nitrogens with zero attached hydrogens (tertiary/aromatic N) is 2. The Labute approximate surface area is 127 Å². The van der Waals surface area contributed by atoms with E-state index in [0.717, 1.165) is 31.2 Å². The predicted molar refractivity (Wildman–Crippen MR) is 87.3 cm³/mol. The summed E-state index contributed by atoms with van der Waals surface area (Å²) in [4.78, 5) is 0. The van der Waals surface area contributed by atoms with E-state index in [2.05, 4.69) is 60.3 Å². The molecule has 1 aliphatic carbocycles. The van der Waals surface area contributed by atoms with Crippen LogP contribution in [0.15, 0.2) is 24.4 Å². The van der Waals surface area contributed by atoms with Crippen LogP contribution in [-0.4, -0.2) is 15.8 Å². The molecule has 0 amide bonds. The first-order valence-corrected chi connectivity index (χ1v) is 8.04. The van der Waals surface area contributed by atoms with E-state index in [1.807, 2.05) is 0 Å². The van der Waals surface area contributed by atoms with E-state index in [0.29, 0.717) is 0 Å². The Bertz CT molecular complexity index is 623. The molecule has 0 unspecified atom stereocenters. The molecular formula is C18H25N3. The summed E-state index contributed by atoms with van der Waals surface area (Å²) in [5.74, 6) is 0. The zero-order chi connectivity index (χ0) is 14.8. The van der Waals surface area contributed by atoms with Crippen LogP contribution in [-0.2, 0) is 13.1 Å². The summed E-state index contributed by atoms with van der Waals surface area (Å²) < 4.78 is 2.07. The van der Waals surface area contributed by atoms with E-state index >= 15 is 0 Å². The lowest BCUT2D eigenvalue weighted by Gasteiger charge is -2.11. The second-order valence-corrected chi connectivity index (χ2v) is 6.21. The molecule has 0 bridgehead atoms. The zero-order valence-corrected chi connectivity index (χ0v) is 13.3. The first-order valence-electron chi connectivity index (χ1n) is 8.04. The molecule has 1 saturated carbocycles. The van der Waals surface area contributed by atoms with Crippen LogP contribution in [0.3, 0.4) is 0 Å². The lowest BCUT2D eigenvalue weighted by Crippen LogP contribution is -2.15. The summed E-state index contributed by atoms with van der Waals surface area (Å²) >= 11 is 0. The SMILES string of the molecule is CCCn1cc(-c2cc(C)ccc2CNC2CC2)c(C)n1. The smallest absolute Gasteiger partial charge is 0.0672 e. The Morgan fingerprint density at radius 2 is 2.05 bits per heavy atom. The highest BCUT2D eigenvalue weighted by molar-refractivity contribution is 5.69. The van der Waals surface area contributed by atoms with Gasteiger partial charge in [-0.1, -0.05) is 30.7 Å². The van der Waals surface area contributed by atoms with E-state index < -0.39 is 0 Å². The predicted octanol–water partition coefficient (Wildman–Crippen LogP) is 3.83. The molecule has 3 rings (SSSR count). The fourth-order valence-electron chi connectivity index (χ4n) is 2.76. The number of aromatic nitrogens is 2. The Morgan fingerprint density at radius 1 is 1.24 bits per heavy atom. The van der Waals surface area contributed by atoms with Gasteiger partial charge < -0.3 is 5.32 Å². The largest absolute Gasteiger partial charge is 0.310 e. The van der Waals surface area contributed by atoms with Gasteiger partial charge in [0.1, 0.15) is 0 Å². The van der Waals surface area contributed by atoms with Crippen molar-refractivity contribution < 1.29 is 0 Å². The van der Waals surface area contributed by atoms with Gasteiger partial charge in [0.25, 0.3) is 0 Å². The zero-order valence-electron chi connectivity index (χ0n) is 13.3. The minimum absolute atomic E-state index is 0.739. The van der Waals surface area contributed by atoms with Crippen molar-refractivity contribution in [2.24, 2.45) is 0 Å². The molecule has 1 aromatic heterocycles. The lowest BCUT2D eigenvalue weighted by atomic mass is 9.98. The molecular weight excluding hydrogens is 258 g/mol. The van der Waals surface area contributed by atoms with Crippen molar-refractivity contribution in [3.8, 4) is 11.1 Å². The van der Waals surface area contributed by atoms with Gasteiger partial charge in [0, 0.05) is 30.9 Å². The molecule has 1 aliphatic rings. The Kier molecular flexibility index (Phi) is 4.11. The van der Waals surface area contributed by atoms with E-state index in [1.165, 1.54) is 35.1 Å². The molecule has 21 heavy (non-hydrogen) atoms. The van der Waals surface area contributed by atoms with Crippen LogP contribution in [0.4, 0.5) is 0 Å². The van der Waals surface area contributed by atoms with Crippen molar-refractivity contribution in [3.05, 3.63) is 41.2 Å². The first kappa shape index (κ1) is 14.3. The number of aryl methyl sites for hydroxylation is 3. The van der Waals surface area contributed by atoms with Gasteiger partial charge in [-0.15, -0.1) is 0 Å². The lowest BCUT2D eigenvalue weighted by molar-refractivity contribution is 0.598. The normalized spacial score (nSPS) is 14.6. The van der Waals surface area contributed by atoms with Gasteiger partial charge in [0.2, 0.25) is 0 Å². The number of hydrogen-bond donors (Lipinski definition) is 1. The van der Waals surface area contributed by atoms with Crippen LogP contribution in [0.5, 0.6) is 0 Å². The molecule has 0 atom stereocenters. The topological polar surface area (TPSA) is 29.9 Å². The van der Waals surface area contributed by atoms with Crippen molar-refractivity contribution in [3.63, 3.8) is 0 Å². The van der Waals surface area contributed by atoms with Gasteiger partial charge in [-0.25, -0.2) is 0 Å². The van der Waals surface area contributed by atoms with Crippen LogP contribution < -0.4 is 5.32 Å². The molecule has 1 N–H and O–H groups in total. The van der Waals surface area contributed by atoms with E-state index in [-0.39, 0.29) is 0 Å². The molecule has 0 radical (unpaired) electrons. The van der Waals surface area contributed by atoms with Crippen LogP contribution in [0, 0.1) is 13.8 Å². The Morgan fingerprint density at radius 3 is 2.76 bits per heavy atom. The van der Waals surface area contributed by atoms with E-state index in [9.17, 15) is 0 Å². The van der Waals surface area contributed by atoms with Crippen molar-refractivity contribution in [2.45, 2.75) is 59.2 Å². The van der Waals surface area contributed by atoms with Gasteiger partial charge in [-0.3, -0.25) is 4.68 Å². The molecule has 0 saturated heterocycles. The quantitative estimate of drug-likeness (QED) is 0.873. The molecule has 1 fully saturated rings. The third-order valence-electron chi connectivity index (χ3n) is 4.11. The van der Waals surface area contributed by atoms with Crippen LogP contribution in [0.25, 0.3) is 11.1 Å². The first-order chi connectivity index (χ1) is 10.2. The number of rotatable bonds is 6. The highest BCUT2D eigenvalue weighted by Crippen LogP contribution is 2.28. The standard InChI is InChI=1S/C18H25N3/c1-4-9-21-12-18(14(3)20-21)17-10-13(2)5-6-15(17)11-19-16-7-8-16/h5-6,10,12,16,19H,4,7-9,11H2,1-3H3. The Balaban J connectivity index is 1.92. The third kappa shape index (κ3) is 3.35. The van der Waals surface area contributed by atoms with Gasteiger partial charge in [0.05, 0.1) is 5.69 Å². The number of nitrogens with one attached hydrogen (secondary N) is 1. The summed E-state index contributed by atoms with van der Waals surface area (Å²) in [5, 5.41) is 8.28. The van der Waals surface area contributed by atoms with Crippen molar-refractivity contribution in [1.82, 2.24) is 15.1 Å². The molecule has 0 spiro atoms. The summed E-state index contributed by atoms with van der Waals surface area (Å²) in [6.07, 6.45) is 5.97. The van der Waals surface area contributed by atoms with E-state index in [1.54, 1.807) is 0 Å². The fourth-order valence-corrected chi connectivity index (χ4v) is 2.76. The second-order valence-electron chi connectivity index (χ2n) is 6.21. The average Bonchev–Trinajstić information content (AvgIpc) is 3.21. The number of hydrogen-bond acceptors (Lipinski definition) is 2. The van der Waals surface area contributed by atoms with Gasteiger partial charge in [0.15, 0.2) is 0 Å². The minimum Gasteiger partial charge on any atom is -0.310 e. The summed E-state index contributed by atoms with van der Waals surface area (Å²) in [5.41, 5.74) is 6.43. The molecule has 2 aromatic rings. The maximum Gasteiger partial charge on any atom is 0.0672 e. The maximum atomic E-state index is 4.65.